The van der Waals surface area contributed by atoms with Crippen molar-refractivity contribution in [3.05, 3.63) is 65.7 Å². The molecule has 0 fully saturated rings. The quantitative estimate of drug-likeness (QED) is 0.656. The number of hydrogen-bond acceptors (Lipinski definition) is 5. The molecular weight excluding hydrogens is 346 g/mol. The minimum absolute atomic E-state index is 0.0533. The van der Waals surface area contributed by atoms with E-state index in [1.54, 1.807) is 24.3 Å². The highest BCUT2D eigenvalue weighted by molar-refractivity contribution is 6.01. The van der Waals surface area contributed by atoms with Crippen LogP contribution in [0.4, 0.5) is 5.69 Å². The second-order valence-electron chi connectivity index (χ2n) is 6.00. The molecule has 7 nitrogen and oxygen atoms in total. The average molecular weight is 369 g/mol. The number of para-hydroxylation sites is 1. The number of rotatable bonds is 9. The van der Waals surface area contributed by atoms with Gasteiger partial charge in [0.1, 0.15) is 0 Å². The lowest BCUT2D eigenvalue weighted by molar-refractivity contribution is -0.120. The van der Waals surface area contributed by atoms with E-state index < -0.39 is 11.9 Å². The summed E-state index contributed by atoms with van der Waals surface area (Å²) >= 11 is 0. The maximum atomic E-state index is 12.5. The van der Waals surface area contributed by atoms with E-state index in [1.165, 1.54) is 7.11 Å². The van der Waals surface area contributed by atoms with E-state index in [1.807, 2.05) is 35.2 Å². The topological polar surface area (TPSA) is 102 Å². The van der Waals surface area contributed by atoms with Gasteiger partial charge in [-0.3, -0.25) is 14.5 Å². The summed E-state index contributed by atoms with van der Waals surface area (Å²) < 4.78 is 4.73. The van der Waals surface area contributed by atoms with Gasteiger partial charge in [0, 0.05) is 19.5 Å². The molecule has 7 heteroatoms. The number of anilines is 1. The Morgan fingerprint density at radius 3 is 2.37 bits per heavy atom. The minimum atomic E-state index is -0.527. The van der Waals surface area contributed by atoms with Crippen molar-refractivity contribution in [2.75, 3.05) is 25.5 Å². The summed E-state index contributed by atoms with van der Waals surface area (Å²) in [5, 5.41) is 2.73. The van der Waals surface area contributed by atoms with Crippen LogP contribution in [0.1, 0.15) is 22.3 Å². The molecule has 0 aliphatic heterocycles. The van der Waals surface area contributed by atoms with Gasteiger partial charge in [0.05, 0.1) is 24.9 Å². The summed E-state index contributed by atoms with van der Waals surface area (Å²) in [7, 11) is 1.28. The number of esters is 1. The van der Waals surface area contributed by atoms with Crippen LogP contribution in [-0.2, 0) is 20.9 Å². The van der Waals surface area contributed by atoms with Gasteiger partial charge in [-0.05, 0) is 17.7 Å². The van der Waals surface area contributed by atoms with Crippen LogP contribution in [0.5, 0.6) is 0 Å². The van der Waals surface area contributed by atoms with Crippen molar-refractivity contribution in [2.45, 2.75) is 13.0 Å². The van der Waals surface area contributed by atoms with Crippen LogP contribution < -0.4 is 11.1 Å². The summed E-state index contributed by atoms with van der Waals surface area (Å²) in [6.45, 7) is 0.911. The van der Waals surface area contributed by atoms with Crippen molar-refractivity contribution < 1.29 is 19.1 Å². The highest BCUT2D eigenvalue weighted by Gasteiger charge is 2.16. The minimum Gasteiger partial charge on any atom is -0.465 e. The van der Waals surface area contributed by atoms with Crippen molar-refractivity contribution in [3.8, 4) is 0 Å². The number of carbonyl (C=O) groups excluding carboxylic acids is 3. The van der Waals surface area contributed by atoms with Crippen molar-refractivity contribution in [1.29, 1.82) is 0 Å². The molecule has 142 valence electrons. The number of nitrogens with one attached hydrogen (secondary N) is 1. The standard InChI is InChI=1S/C20H23N3O4/c1-27-20(26)16-9-5-6-10-17(16)22-19(25)14-23(12-11-18(21)24)13-15-7-3-2-4-8-15/h2-10H,11-14H2,1H3,(H2,21,24)(H,22,25). The molecule has 0 spiro atoms. The van der Waals surface area contributed by atoms with Gasteiger partial charge in [-0.15, -0.1) is 0 Å². The molecule has 0 radical (unpaired) electrons. The predicted molar refractivity (Wildman–Crippen MR) is 102 cm³/mol. The van der Waals surface area contributed by atoms with Crippen LogP contribution in [0.3, 0.4) is 0 Å². The molecule has 2 aromatic rings. The van der Waals surface area contributed by atoms with Gasteiger partial charge in [-0.1, -0.05) is 42.5 Å². The summed E-state index contributed by atoms with van der Waals surface area (Å²) in [5.74, 6) is -1.25. The van der Waals surface area contributed by atoms with Crippen LogP contribution in [-0.4, -0.2) is 42.9 Å². The summed E-state index contributed by atoms with van der Waals surface area (Å²) in [5.41, 5.74) is 6.91. The molecule has 2 aromatic carbocycles. The van der Waals surface area contributed by atoms with E-state index in [9.17, 15) is 14.4 Å². The normalized spacial score (nSPS) is 10.4. The third-order valence-corrected chi connectivity index (χ3v) is 3.90. The number of amides is 2. The number of hydrogen-bond donors (Lipinski definition) is 2. The average Bonchev–Trinajstić information content (AvgIpc) is 2.66. The van der Waals surface area contributed by atoms with E-state index in [0.29, 0.717) is 18.8 Å². The Hall–Kier alpha value is -3.19. The maximum absolute atomic E-state index is 12.5. The van der Waals surface area contributed by atoms with Crippen molar-refractivity contribution in [1.82, 2.24) is 4.90 Å². The maximum Gasteiger partial charge on any atom is 0.339 e. The molecule has 27 heavy (non-hydrogen) atoms. The lowest BCUT2D eigenvalue weighted by Crippen LogP contribution is -2.35. The molecular formula is C20H23N3O4. The number of methoxy groups -OCH3 is 1. The van der Waals surface area contributed by atoms with Crippen molar-refractivity contribution >= 4 is 23.5 Å². The van der Waals surface area contributed by atoms with Crippen LogP contribution in [0.2, 0.25) is 0 Å². The zero-order valence-corrected chi connectivity index (χ0v) is 15.2. The second-order valence-corrected chi connectivity index (χ2v) is 6.00. The Morgan fingerprint density at radius 2 is 1.70 bits per heavy atom. The first-order valence-electron chi connectivity index (χ1n) is 8.51. The Bertz CT molecular complexity index is 793. The Labute approximate surface area is 158 Å². The summed E-state index contributed by atoms with van der Waals surface area (Å²) in [4.78, 5) is 37.3. The zero-order chi connectivity index (χ0) is 19.6. The SMILES string of the molecule is COC(=O)c1ccccc1NC(=O)CN(CCC(N)=O)Cc1ccccc1. The third-order valence-electron chi connectivity index (χ3n) is 3.90. The van der Waals surface area contributed by atoms with Crippen LogP contribution in [0.25, 0.3) is 0 Å². The number of nitrogens with zero attached hydrogens (tertiary/aromatic N) is 1. The predicted octanol–water partition coefficient (Wildman–Crippen LogP) is 1.79. The fourth-order valence-electron chi connectivity index (χ4n) is 2.60. The second kappa shape index (κ2) is 10.1. The van der Waals surface area contributed by atoms with Gasteiger partial charge in [-0.25, -0.2) is 4.79 Å². The van der Waals surface area contributed by atoms with Crippen LogP contribution >= 0.6 is 0 Å². The lowest BCUT2D eigenvalue weighted by atomic mass is 10.1. The highest BCUT2D eigenvalue weighted by Crippen LogP contribution is 2.16. The fraction of sp³-hybridized carbons (Fsp3) is 0.250. The largest absolute Gasteiger partial charge is 0.465 e. The number of ether oxygens (including phenoxy) is 1. The molecule has 0 aliphatic rings. The van der Waals surface area contributed by atoms with E-state index >= 15 is 0 Å². The zero-order valence-electron chi connectivity index (χ0n) is 15.2. The van der Waals surface area contributed by atoms with E-state index in [-0.39, 0.29) is 24.4 Å². The van der Waals surface area contributed by atoms with Gasteiger partial charge in [-0.2, -0.15) is 0 Å². The van der Waals surface area contributed by atoms with Gasteiger partial charge in [0.2, 0.25) is 11.8 Å². The molecule has 2 amide bonds. The van der Waals surface area contributed by atoms with Crippen molar-refractivity contribution in [2.24, 2.45) is 5.73 Å². The molecule has 0 saturated carbocycles. The van der Waals surface area contributed by atoms with E-state index in [0.717, 1.165) is 5.56 Å². The first kappa shape index (κ1) is 20.1. The Kier molecular flexibility index (Phi) is 7.51. The number of carbonyl (C=O) groups is 3. The van der Waals surface area contributed by atoms with Gasteiger partial charge in [0.25, 0.3) is 0 Å². The Morgan fingerprint density at radius 1 is 1.04 bits per heavy atom. The first-order chi connectivity index (χ1) is 13.0. The first-order valence-corrected chi connectivity index (χ1v) is 8.51. The van der Waals surface area contributed by atoms with Gasteiger partial charge < -0.3 is 15.8 Å². The number of nitrogens with two attached hydrogens (primary N) is 1. The van der Waals surface area contributed by atoms with Gasteiger partial charge in [0.15, 0.2) is 0 Å². The molecule has 0 bridgehead atoms. The highest BCUT2D eigenvalue weighted by atomic mass is 16.5. The molecule has 0 heterocycles. The van der Waals surface area contributed by atoms with E-state index in [4.69, 9.17) is 10.5 Å². The summed E-state index contributed by atoms with van der Waals surface area (Å²) in [6.07, 6.45) is 0.152. The summed E-state index contributed by atoms with van der Waals surface area (Å²) in [6, 6.07) is 16.2. The Balaban J connectivity index is 2.06. The van der Waals surface area contributed by atoms with Crippen molar-refractivity contribution in [3.63, 3.8) is 0 Å². The number of benzene rings is 2. The van der Waals surface area contributed by atoms with E-state index in [2.05, 4.69) is 5.32 Å². The molecule has 0 aromatic heterocycles. The lowest BCUT2D eigenvalue weighted by Gasteiger charge is -2.21. The fourth-order valence-corrected chi connectivity index (χ4v) is 2.60. The van der Waals surface area contributed by atoms with Crippen LogP contribution in [0, 0.1) is 0 Å². The smallest absolute Gasteiger partial charge is 0.339 e. The van der Waals surface area contributed by atoms with Gasteiger partial charge >= 0.3 is 5.97 Å². The molecule has 2 rings (SSSR count). The molecule has 0 atom stereocenters. The number of primary amides is 1. The third kappa shape index (κ3) is 6.56. The monoisotopic (exact) mass is 369 g/mol. The molecule has 0 aliphatic carbocycles. The molecule has 3 N–H and O–H groups in total. The molecule has 0 saturated heterocycles. The van der Waals surface area contributed by atoms with Crippen LogP contribution in [0.15, 0.2) is 54.6 Å². The molecule has 0 unspecified atom stereocenters.